The molecule has 3 heteroatoms. The minimum absolute atomic E-state index is 0.117. The normalized spacial score (nSPS) is 14.5. The smallest absolute Gasteiger partial charge is 0.310 e. The lowest BCUT2D eigenvalue weighted by Gasteiger charge is -2.36. The molecular formula is C17H16O2S. The second-order valence-corrected chi connectivity index (χ2v) is 6.72. The van der Waals surface area contributed by atoms with Gasteiger partial charge in [-0.2, -0.15) is 0 Å². The first-order chi connectivity index (χ1) is 9.51. The van der Waals surface area contributed by atoms with Crippen LogP contribution in [0.4, 0.5) is 0 Å². The van der Waals surface area contributed by atoms with Gasteiger partial charge in [0.1, 0.15) is 0 Å². The van der Waals surface area contributed by atoms with Crippen molar-refractivity contribution in [1.29, 1.82) is 0 Å². The monoisotopic (exact) mass is 284 g/mol. The van der Waals surface area contributed by atoms with E-state index in [2.05, 4.69) is 12.1 Å². The number of hydrogen-bond acceptors (Lipinski definition) is 2. The zero-order valence-corrected chi connectivity index (χ0v) is 12.3. The summed E-state index contributed by atoms with van der Waals surface area (Å²) in [6, 6.07) is 16.2. The third-order valence-electron chi connectivity index (χ3n) is 3.95. The number of carboxylic acids is 1. The summed E-state index contributed by atoms with van der Waals surface area (Å²) in [4.78, 5) is 14.0. The van der Waals surface area contributed by atoms with Crippen molar-refractivity contribution in [3.63, 3.8) is 0 Å². The lowest BCUT2D eigenvalue weighted by Crippen LogP contribution is -2.33. The van der Waals surface area contributed by atoms with Crippen LogP contribution in [0.5, 0.6) is 0 Å². The molecule has 1 heterocycles. The van der Waals surface area contributed by atoms with Crippen LogP contribution in [0, 0.1) is 5.41 Å². The third kappa shape index (κ3) is 1.93. The van der Waals surface area contributed by atoms with Gasteiger partial charge in [0.25, 0.3) is 0 Å². The van der Waals surface area contributed by atoms with Crippen LogP contribution in [0.1, 0.15) is 30.9 Å². The largest absolute Gasteiger partial charge is 0.481 e. The van der Waals surface area contributed by atoms with Gasteiger partial charge in [0.15, 0.2) is 0 Å². The molecule has 1 aliphatic heterocycles. The minimum Gasteiger partial charge on any atom is -0.481 e. The molecule has 20 heavy (non-hydrogen) atoms. The average Bonchev–Trinajstić information content (AvgIpc) is 2.44. The Balaban J connectivity index is 2.25. The molecule has 102 valence electrons. The fourth-order valence-corrected chi connectivity index (χ4v) is 3.95. The Hall–Kier alpha value is -1.74. The Bertz CT molecular complexity index is 631. The molecule has 0 aliphatic carbocycles. The van der Waals surface area contributed by atoms with E-state index < -0.39 is 11.4 Å². The van der Waals surface area contributed by atoms with Crippen LogP contribution >= 0.6 is 11.8 Å². The van der Waals surface area contributed by atoms with Crippen LogP contribution in [0.25, 0.3) is 0 Å². The second-order valence-electron chi connectivity index (χ2n) is 5.64. The van der Waals surface area contributed by atoms with Crippen LogP contribution in [0.3, 0.4) is 0 Å². The summed E-state index contributed by atoms with van der Waals surface area (Å²) >= 11 is 1.72. The molecule has 0 saturated heterocycles. The molecule has 2 aromatic carbocycles. The Morgan fingerprint density at radius 3 is 1.90 bits per heavy atom. The van der Waals surface area contributed by atoms with Crippen molar-refractivity contribution in [1.82, 2.24) is 0 Å². The number of aliphatic carboxylic acids is 1. The zero-order valence-electron chi connectivity index (χ0n) is 11.5. The van der Waals surface area contributed by atoms with Gasteiger partial charge in [0, 0.05) is 15.7 Å². The molecule has 0 saturated carbocycles. The van der Waals surface area contributed by atoms with Crippen molar-refractivity contribution < 1.29 is 9.90 Å². The first-order valence-electron chi connectivity index (χ1n) is 6.61. The molecule has 1 N–H and O–H groups in total. The van der Waals surface area contributed by atoms with Crippen molar-refractivity contribution in [2.45, 2.75) is 29.6 Å². The third-order valence-corrected chi connectivity index (χ3v) is 5.14. The second kappa shape index (κ2) is 4.67. The van der Waals surface area contributed by atoms with E-state index in [4.69, 9.17) is 0 Å². The molecule has 0 aromatic heterocycles. The number of fused-ring (bicyclic) bond motifs is 2. The van der Waals surface area contributed by atoms with Crippen molar-refractivity contribution in [2.75, 3.05) is 0 Å². The Labute approximate surface area is 122 Å². The van der Waals surface area contributed by atoms with Gasteiger partial charge in [-0.05, 0) is 37.1 Å². The highest BCUT2D eigenvalue weighted by atomic mass is 32.2. The predicted molar refractivity (Wildman–Crippen MR) is 80.3 cm³/mol. The van der Waals surface area contributed by atoms with Crippen LogP contribution in [0.15, 0.2) is 58.3 Å². The highest BCUT2D eigenvalue weighted by molar-refractivity contribution is 7.99. The number of hydrogen-bond donors (Lipinski definition) is 1. The summed E-state index contributed by atoms with van der Waals surface area (Å²) in [6.07, 6.45) is 0. The van der Waals surface area contributed by atoms with Crippen LogP contribution in [-0.4, -0.2) is 11.1 Å². The highest BCUT2D eigenvalue weighted by Gasteiger charge is 2.42. The molecular weight excluding hydrogens is 268 g/mol. The topological polar surface area (TPSA) is 37.3 Å². The van der Waals surface area contributed by atoms with Crippen molar-refractivity contribution in [2.24, 2.45) is 5.41 Å². The quantitative estimate of drug-likeness (QED) is 0.888. The molecule has 2 nitrogen and oxygen atoms in total. The summed E-state index contributed by atoms with van der Waals surface area (Å²) < 4.78 is 0. The van der Waals surface area contributed by atoms with Gasteiger partial charge in [0.2, 0.25) is 0 Å². The molecule has 0 spiro atoms. The van der Waals surface area contributed by atoms with Crippen LogP contribution in [0.2, 0.25) is 0 Å². The van der Waals surface area contributed by atoms with Crippen molar-refractivity contribution >= 4 is 17.7 Å². The maximum Gasteiger partial charge on any atom is 0.310 e. The minimum atomic E-state index is -0.840. The summed E-state index contributed by atoms with van der Waals surface area (Å²) in [5, 5.41) is 9.64. The van der Waals surface area contributed by atoms with Crippen molar-refractivity contribution in [3.8, 4) is 0 Å². The van der Waals surface area contributed by atoms with Crippen LogP contribution < -0.4 is 0 Å². The van der Waals surface area contributed by atoms with Crippen LogP contribution in [-0.2, 0) is 4.79 Å². The first kappa shape index (κ1) is 13.3. The van der Waals surface area contributed by atoms with E-state index in [0.29, 0.717) is 0 Å². The van der Waals surface area contributed by atoms with E-state index >= 15 is 0 Å². The molecule has 1 aliphatic rings. The summed E-state index contributed by atoms with van der Waals surface area (Å²) in [7, 11) is 0. The average molecular weight is 284 g/mol. The Kier molecular flexibility index (Phi) is 3.09. The van der Waals surface area contributed by atoms with Gasteiger partial charge in [-0.1, -0.05) is 48.2 Å². The predicted octanol–water partition coefficient (Wildman–Crippen LogP) is 4.39. The number of carbonyl (C=O) groups is 1. The molecule has 2 aromatic rings. The molecule has 3 rings (SSSR count). The number of rotatable bonds is 2. The molecule has 0 amide bonds. The maximum atomic E-state index is 11.7. The zero-order chi connectivity index (χ0) is 14.3. The van der Waals surface area contributed by atoms with E-state index in [0.717, 1.165) is 20.9 Å². The standard InChI is InChI=1S/C17H16O2S/c1-17(2,16(18)19)15-11-7-3-5-9-13(11)20-14-10-6-4-8-12(14)15/h3-10,15H,1-2H3,(H,18,19). The van der Waals surface area contributed by atoms with Gasteiger partial charge in [-0.25, -0.2) is 0 Å². The molecule has 0 atom stereocenters. The van der Waals surface area contributed by atoms with Gasteiger partial charge < -0.3 is 5.11 Å². The lowest BCUT2D eigenvalue weighted by molar-refractivity contribution is -0.147. The summed E-state index contributed by atoms with van der Waals surface area (Å²) in [5.41, 5.74) is 1.39. The van der Waals surface area contributed by atoms with E-state index in [1.165, 1.54) is 0 Å². The van der Waals surface area contributed by atoms with E-state index in [9.17, 15) is 9.90 Å². The summed E-state index contributed by atoms with van der Waals surface area (Å²) in [6.45, 7) is 3.62. The van der Waals surface area contributed by atoms with E-state index in [-0.39, 0.29) is 5.92 Å². The molecule has 0 bridgehead atoms. The number of benzene rings is 2. The van der Waals surface area contributed by atoms with Gasteiger partial charge in [0.05, 0.1) is 5.41 Å². The Morgan fingerprint density at radius 1 is 1.00 bits per heavy atom. The van der Waals surface area contributed by atoms with E-state index in [1.807, 2.05) is 50.2 Å². The molecule has 0 unspecified atom stereocenters. The Morgan fingerprint density at radius 2 is 1.45 bits per heavy atom. The molecule has 0 radical (unpaired) electrons. The van der Waals surface area contributed by atoms with Crippen molar-refractivity contribution in [3.05, 3.63) is 59.7 Å². The highest BCUT2D eigenvalue weighted by Crippen LogP contribution is 2.52. The van der Waals surface area contributed by atoms with E-state index in [1.54, 1.807) is 11.8 Å². The fraction of sp³-hybridized carbons (Fsp3) is 0.235. The van der Waals surface area contributed by atoms with Gasteiger partial charge in [-0.15, -0.1) is 0 Å². The summed E-state index contributed by atoms with van der Waals surface area (Å²) in [5.74, 6) is -0.882. The maximum absolute atomic E-state index is 11.7. The number of carboxylic acid groups (broad SMARTS) is 1. The first-order valence-corrected chi connectivity index (χ1v) is 7.42. The molecule has 0 fully saturated rings. The van der Waals surface area contributed by atoms with Gasteiger partial charge in [-0.3, -0.25) is 4.79 Å². The SMILES string of the molecule is CC(C)(C(=O)O)C1c2ccccc2Sc2ccccc21. The van der Waals surface area contributed by atoms with Gasteiger partial charge >= 0.3 is 5.97 Å². The lowest BCUT2D eigenvalue weighted by atomic mass is 9.71. The fourth-order valence-electron chi connectivity index (χ4n) is 2.81.